The van der Waals surface area contributed by atoms with Gasteiger partial charge in [0, 0.05) is 23.4 Å². The van der Waals surface area contributed by atoms with Crippen LogP contribution >= 0.6 is 0 Å². The zero-order valence-corrected chi connectivity index (χ0v) is 18.6. The third-order valence-electron chi connectivity index (χ3n) is 5.71. The summed E-state index contributed by atoms with van der Waals surface area (Å²) in [5, 5.41) is 0.937. The van der Waals surface area contributed by atoms with E-state index in [9.17, 15) is 4.79 Å². The summed E-state index contributed by atoms with van der Waals surface area (Å²) >= 11 is 0. The van der Waals surface area contributed by atoms with Gasteiger partial charge in [-0.2, -0.15) is 0 Å². The van der Waals surface area contributed by atoms with E-state index in [1.54, 1.807) is 6.07 Å². The van der Waals surface area contributed by atoms with Crippen LogP contribution in [-0.4, -0.2) is 0 Å². The average Bonchev–Trinajstić information content (AvgIpc) is 2.75. The molecule has 0 saturated heterocycles. The Morgan fingerprint density at radius 1 is 0.871 bits per heavy atom. The summed E-state index contributed by atoms with van der Waals surface area (Å²) in [7, 11) is 0. The van der Waals surface area contributed by atoms with E-state index in [2.05, 4.69) is 45.0 Å². The quantitative estimate of drug-likeness (QED) is 0.348. The Kier molecular flexibility index (Phi) is 5.69. The maximum Gasteiger partial charge on any atom is 0.340 e. The fraction of sp³-hybridized carbons (Fsp3) is 0.250. The fourth-order valence-electron chi connectivity index (χ4n) is 3.74. The molecule has 0 unspecified atom stereocenters. The third-order valence-corrected chi connectivity index (χ3v) is 5.71. The van der Waals surface area contributed by atoms with Crippen LogP contribution in [0.25, 0.3) is 11.0 Å². The Labute approximate surface area is 183 Å². The second-order valence-corrected chi connectivity index (χ2v) is 9.05. The summed E-state index contributed by atoms with van der Waals surface area (Å²) in [6, 6.07) is 24.2. The summed E-state index contributed by atoms with van der Waals surface area (Å²) < 4.78 is 11.6. The number of rotatable bonds is 5. The first-order valence-electron chi connectivity index (χ1n) is 10.6. The first kappa shape index (κ1) is 20.9. The molecule has 158 valence electrons. The first-order valence-corrected chi connectivity index (χ1v) is 10.6. The van der Waals surface area contributed by atoms with Crippen molar-refractivity contribution in [3.63, 3.8) is 0 Å². The Bertz CT molecular complexity index is 1240. The molecule has 0 aliphatic carbocycles. The fourth-order valence-corrected chi connectivity index (χ4v) is 3.74. The van der Waals surface area contributed by atoms with Gasteiger partial charge in [0.05, 0.1) is 0 Å². The van der Waals surface area contributed by atoms with Crippen molar-refractivity contribution < 1.29 is 9.15 Å². The van der Waals surface area contributed by atoms with Crippen molar-refractivity contribution in [2.45, 2.75) is 46.1 Å². The van der Waals surface area contributed by atoms with E-state index in [1.165, 1.54) is 5.56 Å². The monoisotopic (exact) mass is 412 g/mol. The van der Waals surface area contributed by atoms with Crippen LogP contribution in [0.5, 0.6) is 5.75 Å². The van der Waals surface area contributed by atoms with Crippen LogP contribution < -0.4 is 10.4 Å². The highest BCUT2D eigenvalue weighted by atomic mass is 16.5. The van der Waals surface area contributed by atoms with Crippen molar-refractivity contribution in [1.29, 1.82) is 0 Å². The summed E-state index contributed by atoms with van der Waals surface area (Å²) in [5.74, 6) is 0.686. The van der Waals surface area contributed by atoms with Crippen LogP contribution in [-0.2, 0) is 18.4 Å². The van der Waals surface area contributed by atoms with Gasteiger partial charge >= 0.3 is 5.63 Å². The van der Waals surface area contributed by atoms with Gasteiger partial charge in [-0.15, -0.1) is 0 Å². The number of benzene rings is 3. The van der Waals surface area contributed by atoms with E-state index < -0.39 is 0 Å². The van der Waals surface area contributed by atoms with Crippen LogP contribution in [0.2, 0.25) is 0 Å². The minimum atomic E-state index is -0.288. The van der Waals surface area contributed by atoms with E-state index in [-0.39, 0.29) is 11.0 Å². The summed E-state index contributed by atoms with van der Waals surface area (Å²) in [6.07, 6.45) is 0.563. The molecule has 0 fully saturated rings. The second-order valence-electron chi connectivity index (χ2n) is 9.05. The highest BCUT2D eigenvalue weighted by molar-refractivity contribution is 5.82. The number of hydrogen-bond donors (Lipinski definition) is 0. The molecule has 0 bridgehead atoms. The van der Waals surface area contributed by atoms with Crippen LogP contribution in [0.3, 0.4) is 0 Å². The highest BCUT2D eigenvalue weighted by Gasteiger charge is 2.14. The number of aryl methyl sites for hydroxylation is 1. The van der Waals surface area contributed by atoms with Gasteiger partial charge in [0.1, 0.15) is 17.9 Å². The van der Waals surface area contributed by atoms with Gasteiger partial charge in [-0.25, -0.2) is 4.79 Å². The number of fused-ring (bicyclic) bond motifs is 1. The van der Waals surface area contributed by atoms with E-state index in [0.29, 0.717) is 29.9 Å². The van der Waals surface area contributed by atoms with Gasteiger partial charge in [-0.05, 0) is 46.7 Å². The molecule has 0 atom stereocenters. The molecule has 0 saturated carbocycles. The molecule has 3 heteroatoms. The smallest absolute Gasteiger partial charge is 0.340 e. The molecule has 0 amide bonds. The van der Waals surface area contributed by atoms with Crippen LogP contribution in [0.15, 0.2) is 82.0 Å². The normalized spacial score (nSPS) is 11.6. The zero-order valence-electron chi connectivity index (χ0n) is 18.6. The van der Waals surface area contributed by atoms with Crippen LogP contribution in [0, 0.1) is 6.92 Å². The molecule has 3 nitrogen and oxygen atoms in total. The van der Waals surface area contributed by atoms with Crippen molar-refractivity contribution in [1.82, 2.24) is 0 Å². The van der Waals surface area contributed by atoms with Crippen LogP contribution in [0.4, 0.5) is 0 Å². The van der Waals surface area contributed by atoms with Crippen LogP contribution in [0.1, 0.15) is 48.6 Å². The first-order chi connectivity index (χ1) is 14.8. The average molecular weight is 413 g/mol. The largest absolute Gasteiger partial charge is 0.489 e. The minimum absolute atomic E-state index is 0.131. The van der Waals surface area contributed by atoms with E-state index >= 15 is 0 Å². The Morgan fingerprint density at radius 3 is 2.26 bits per heavy atom. The molecular weight excluding hydrogens is 384 g/mol. The lowest BCUT2D eigenvalue weighted by atomic mass is 9.87. The minimum Gasteiger partial charge on any atom is -0.489 e. The Hall–Kier alpha value is -3.33. The second kappa shape index (κ2) is 8.43. The molecule has 4 aromatic rings. The van der Waals surface area contributed by atoms with Crippen molar-refractivity contribution in [3.8, 4) is 5.75 Å². The van der Waals surface area contributed by atoms with Crippen molar-refractivity contribution in [2.24, 2.45) is 0 Å². The molecule has 1 heterocycles. The molecule has 4 rings (SSSR count). The molecule has 0 aliphatic rings. The standard InChI is InChI=1S/C28H28O3/c1-19-24-15-14-23(30-18-21-10-12-22(13-11-21)28(2,3)4)17-26(24)31-27(29)25(19)16-20-8-6-5-7-9-20/h5-15,17H,16,18H2,1-4H3. The number of hydrogen-bond acceptors (Lipinski definition) is 3. The lowest BCUT2D eigenvalue weighted by Gasteiger charge is -2.19. The third kappa shape index (κ3) is 4.72. The lowest BCUT2D eigenvalue weighted by molar-refractivity contribution is 0.306. The van der Waals surface area contributed by atoms with E-state index in [1.807, 2.05) is 49.4 Å². The molecule has 0 N–H and O–H groups in total. The molecular formula is C28H28O3. The van der Waals surface area contributed by atoms with Crippen molar-refractivity contribution in [2.75, 3.05) is 0 Å². The Balaban J connectivity index is 1.54. The van der Waals surface area contributed by atoms with Crippen molar-refractivity contribution in [3.05, 3.63) is 111 Å². The molecule has 0 radical (unpaired) electrons. The van der Waals surface area contributed by atoms with Gasteiger partial charge in [0.2, 0.25) is 0 Å². The maximum atomic E-state index is 12.7. The topological polar surface area (TPSA) is 39.4 Å². The molecule has 1 aromatic heterocycles. The Morgan fingerprint density at radius 2 is 1.58 bits per heavy atom. The van der Waals surface area contributed by atoms with E-state index in [0.717, 1.165) is 22.1 Å². The van der Waals surface area contributed by atoms with Gasteiger partial charge in [-0.1, -0.05) is 75.4 Å². The molecule has 3 aromatic carbocycles. The zero-order chi connectivity index (χ0) is 22.0. The van der Waals surface area contributed by atoms with Gasteiger partial charge in [-0.3, -0.25) is 0 Å². The number of ether oxygens (including phenoxy) is 1. The van der Waals surface area contributed by atoms with Gasteiger partial charge < -0.3 is 9.15 Å². The summed E-state index contributed by atoms with van der Waals surface area (Å²) in [4.78, 5) is 12.7. The summed E-state index contributed by atoms with van der Waals surface area (Å²) in [5.41, 5.74) is 5.55. The summed E-state index contributed by atoms with van der Waals surface area (Å²) in [6.45, 7) is 9.05. The predicted molar refractivity (Wildman–Crippen MR) is 126 cm³/mol. The SMILES string of the molecule is Cc1c(Cc2ccccc2)c(=O)oc2cc(OCc3ccc(C(C)(C)C)cc3)ccc12. The molecule has 0 spiro atoms. The molecule has 0 aliphatic heterocycles. The maximum absolute atomic E-state index is 12.7. The van der Waals surface area contributed by atoms with E-state index in [4.69, 9.17) is 9.15 Å². The highest BCUT2D eigenvalue weighted by Crippen LogP contribution is 2.26. The van der Waals surface area contributed by atoms with Crippen molar-refractivity contribution >= 4 is 11.0 Å². The van der Waals surface area contributed by atoms with Gasteiger partial charge in [0.15, 0.2) is 0 Å². The lowest BCUT2D eigenvalue weighted by Crippen LogP contribution is -2.11. The predicted octanol–water partition coefficient (Wildman–Crippen LogP) is 6.57. The van der Waals surface area contributed by atoms with Gasteiger partial charge in [0.25, 0.3) is 0 Å². The molecule has 31 heavy (non-hydrogen) atoms.